The molecule has 0 amide bonds. The molecule has 0 aromatic carbocycles. The Morgan fingerprint density at radius 3 is 2.24 bits per heavy atom. The molecule has 4 atom stereocenters. The standard InChI is InChI=1S/C15H29NO/c1-11-5-6-14(7-11,10-16)15(17)9-13(3,4)8-12(15)2/h11-12,17H,5-10,16H2,1-4H3. The van der Waals surface area contributed by atoms with Gasteiger partial charge in [0, 0.05) is 12.0 Å². The average molecular weight is 239 g/mol. The first-order valence-electron chi connectivity index (χ1n) is 7.17. The van der Waals surface area contributed by atoms with Gasteiger partial charge in [0.1, 0.15) is 0 Å². The van der Waals surface area contributed by atoms with Gasteiger partial charge in [-0.25, -0.2) is 0 Å². The van der Waals surface area contributed by atoms with Gasteiger partial charge in [0.25, 0.3) is 0 Å². The minimum Gasteiger partial charge on any atom is -0.389 e. The summed E-state index contributed by atoms with van der Waals surface area (Å²) in [7, 11) is 0. The van der Waals surface area contributed by atoms with E-state index in [1.165, 1.54) is 6.42 Å². The molecule has 0 saturated heterocycles. The summed E-state index contributed by atoms with van der Waals surface area (Å²) in [4.78, 5) is 0. The number of rotatable bonds is 2. The third-order valence-corrected chi connectivity index (χ3v) is 5.59. The highest BCUT2D eigenvalue weighted by Gasteiger charge is 2.60. The Labute approximate surface area is 106 Å². The van der Waals surface area contributed by atoms with E-state index in [-0.39, 0.29) is 10.8 Å². The van der Waals surface area contributed by atoms with E-state index >= 15 is 0 Å². The maximum atomic E-state index is 11.3. The lowest BCUT2D eigenvalue weighted by Gasteiger charge is -2.46. The topological polar surface area (TPSA) is 46.2 Å². The Bertz CT molecular complexity index is 301. The fourth-order valence-electron chi connectivity index (χ4n) is 4.83. The summed E-state index contributed by atoms with van der Waals surface area (Å²) < 4.78 is 0. The van der Waals surface area contributed by atoms with Gasteiger partial charge in [-0.1, -0.05) is 34.1 Å². The Kier molecular flexibility index (Phi) is 3.11. The summed E-state index contributed by atoms with van der Waals surface area (Å²) in [6.45, 7) is 9.73. The molecular weight excluding hydrogens is 210 g/mol. The second-order valence-electron chi connectivity index (χ2n) is 7.70. The highest BCUT2D eigenvalue weighted by molar-refractivity contribution is 5.11. The van der Waals surface area contributed by atoms with Crippen molar-refractivity contribution < 1.29 is 5.11 Å². The molecule has 100 valence electrons. The monoisotopic (exact) mass is 239 g/mol. The van der Waals surface area contributed by atoms with E-state index in [1.807, 2.05) is 0 Å². The van der Waals surface area contributed by atoms with Crippen LogP contribution in [0.2, 0.25) is 0 Å². The van der Waals surface area contributed by atoms with E-state index in [9.17, 15) is 5.11 Å². The molecule has 2 fully saturated rings. The maximum Gasteiger partial charge on any atom is 0.0746 e. The minimum atomic E-state index is -0.532. The predicted octanol–water partition coefficient (Wildman–Crippen LogP) is 2.94. The maximum absolute atomic E-state index is 11.3. The number of aliphatic hydroxyl groups is 1. The molecule has 2 rings (SSSR count). The molecule has 0 radical (unpaired) electrons. The molecule has 0 spiro atoms. The van der Waals surface area contributed by atoms with Gasteiger partial charge in [-0.15, -0.1) is 0 Å². The first kappa shape index (κ1) is 13.4. The molecule has 4 unspecified atom stereocenters. The number of nitrogens with two attached hydrogens (primary N) is 1. The summed E-state index contributed by atoms with van der Waals surface area (Å²) >= 11 is 0. The van der Waals surface area contributed by atoms with Gasteiger partial charge in [0.05, 0.1) is 5.60 Å². The van der Waals surface area contributed by atoms with Crippen molar-refractivity contribution in [1.29, 1.82) is 0 Å². The van der Waals surface area contributed by atoms with Crippen molar-refractivity contribution in [2.75, 3.05) is 6.54 Å². The molecule has 0 aromatic heterocycles. The lowest BCUT2D eigenvalue weighted by atomic mass is 9.65. The Morgan fingerprint density at radius 2 is 1.88 bits per heavy atom. The van der Waals surface area contributed by atoms with Crippen molar-refractivity contribution in [2.24, 2.45) is 28.4 Å². The molecule has 2 aliphatic rings. The average Bonchev–Trinajstić information content (AvgIpc) is 2.68. The molecule has 2 aliphatic carbocycles. The van der Waals surface area contributed by atoms with Gasteiger partial charge >= 0.3 is 0 Å². The zero-order chi connectivity index (χ0) is 12.9. The van der Waals surface area contributed by atoms with Gasteiger partial charge in [-0.2, -0.15) is 0 Å². The van der Waals surface area contributed by atoms with Crippen LogP contribution in [0.5, 0.6) is 0 Å². The Morgan fingerprint density at radius 1 is 1.24 bits per heavy atom. The van der Waals surface area contributed by atoms with Crippen LogP contribution in [0.3, 0.4) is 0 Å². The van der Waals surface area contributed by atoms with Crippen LogP contribution in [-0.4, -0.2) is 17.3 Å². The van der Waals surface area contributed by atoms with Gasteiger partial charge in [-0.3, -0.25) is 0 Å². The van der Waals surface area contributed by atoms with Crippen LogP contribution in [-0.2, 0) is 0 Å². The molecule has 2 saturated carbocycles. The lowest BCUT2D eigenvalue weighted by Crippen LogP contribution is -2.53. The zero-order valence-corrected chi connectivity index (χ0v) is 11.9. The van der Waals surface area contributed by atoms with Gasteiger partial charge in [0.15, 0.2) is 0 Å². The van der Waals surface area contributed by atoms with Crippen LogP contribution >= 0.6 is 0 Å². The lowest BCUT2D eigenvalue weighted by molar-refractivity contribution is -0.107. The summed E-state index contributed by atoms with van der Waals surface area (Å²) in [6, 6.07) is 0. The van der Waals surface area contributed by atoms with E-state index in [4.69, 9.17) is 5.73 Å². The molecular formula is C15H29NO. The van der Waals surface area contributed by atoms with Crippen molar-refractivity contribution in [3.8, 4) is 0 Å². The summed E-state index contributed by atoms with van der Waals surface area (Å²) in [5.74, 6) is 1.10. The van der Waals surface area contributed by atoms with Crippen molar-refractivity contribution in [2.45, 2.75) is 65.4 Å². The first-order chi connectivity index (χ1) is 7.75. The number of hydrogen-bond acceptors (Lipinski definition) is 2. The predicted molar refractivity (Wildman–Crippen MR) is 71.6 cm³/mol. The van der Waals surface area contributed by atoms with Crippen molar-refractivity contribution in [1.82, 2.24) is 0 Å². The van der Waals surface area contributed by atoms with Gasteiger partial charge in [-0.05, 0) is 42.9 Å². The van der Waals surface area contributed by atoms with Crippen LogP contribution in [0.1, 0.15) is 59.8 Å². The summed E-state index contributed by atoms with van der Waals surface area (Å²) in [6.07, 6.45) is 5.50. The van der Waals surface area contributed by atoms with Crippen molar-refractivity contribution in [3.63, 3.8) is 0 Å². The van der Waals surface area contributed by atoms with Gasteiger partial charge in [0.2, 0.25) is 0 Å². The molecule has 0 aliphatic heterocycles. The second-order valence-corrected chi connectivity index (χ2v) is 7.70. The third kappa shape index (κ3) is 1.94. The van der Waals surface area contributed by atoms with Gasteiger partial charge < -0.3 is 10.8 Å². The SMILES string of the molecule is CC1CCC(CN)(C2(O)CC(C)(C)CC2C)C1. The largest absolute Gasteiger partial charge is 0.389 e. The normalized spacial score (nSPS) is 49.8. The second kappa shape index (κ2) is 3.96. The van der Waals surface area contributed by atoms with Crippen molar-refractivity contribution >= 4 is 0 Å². The van der Waals surface area contributed by atoms with E-state index < -0.39 is 5.60 Å². The highest BCUT2D eigenvalue weighted by atomic mass is 16.3. The molecule has 0 aromatic rings. The molecule has 2 heteroatoms. The number of hydrogen-bond donors (Lipinski definition) is 2. The molecule has 0 heterocycles. The minimum absolute atomic E-state index is 0.0143. The first-order valence-corrected chi connectivity index (χ1v) is 7.17. The molecule has 17 heavy (non-hydrogen) atoms. The zero-order valence-electron chi connectivity index (χ0n) is 11.9. The van der Waals surface area contributed by atoms with E-state index in [0.717, 1.165) is 31.6 Å². The van der Waals surface area contributed by atoms with Crippen LogP contribution < -0.4 is 5.73 Å². The van der Waals surface area contributed by atoms with E-state index in [0.29, 0.717) is 12.5 Å². The Hall–Kier alpha value is -0.0800. The van der Waals surface area contributed by atoms with Crippen molar-refractivity contribution in [3.05, 3.63) is 0 Å². The molecule has 3 N–H and O–H groups in total. The quantitative estimate of drug-likeness (QED) is 0.778. The van der Waals surface area contributed by atoms with Crippen LogP contribution in [0.15, 0.2) is 0 Å². The summed E-state index contributed by atoms with van der Waals surface area (Å²) in [5, 5.41) is 11.3. The molecule has 0 bridgehead atoms. The Balaban J connectivity index is 2.31. The molecule has 2 nitrogen and oxygen atoms in total. The van der Waals surface area contributed by atoms with E-state index in [2.05, 4.69) is 27.7 Å². The smallest absolute Gasteiger partial charge is 0.0746 e. The van der Waals surface area contributed by atoms with Crippen LogP contribution in [0.25, 0.3) is 0 Å². The third-order valence-electron chi connectivity index (χ3n) is 5.59. The van der Waals surface area contributed by atoms with Crippen LogP contribution in [0, 0.1) is 22.7 Å². The fourth-order valence-corrected chi connectivity index (χ4v) is 4.83. The van der Waals surface area contributed by atoms with Crippen LogP contribution in [0.4, 0.5) is 0 Å². The summed E-state index contributed by atoms with van der Waals surface area (Å²) in [5.41, 5.74) is 5.81. The van der Waals surface area contributed by atoms with E-state index in [1.54, 1.807) is 0 Å². The highest BCUT2D eigenvalue weighted by Crippen LogP contribution is 2.60. The fraction of sp³-hybridized carbons (Fsp3) is 1.00.